The van der Waals surface area contributed by atoms with Crippen LogP contribution in [0.25, 0.3) is 0 Å². The molecule has 244 valence electrons. The summed E-state index contributed by atoms with van der Waals surface area (Å²) in [5, 5.41) is 7.67. The molecule has 2 aromatic carbocycles. The van der Waals surface area contributed by atoms with Crippen molar-refractivity contribution in [2.45, 2.75) is 87.0 Å². The molecule has 0 bridgehead atoms. The van der Waals surface area contributed by atoms with Crippen LogP contribution in [0, 0.1) is 5.41 Å². The van der Waals surface area contributed by atoms with Crippen molar-refractivity contribution < 1.29 is 25.9 Å². The average molecular weight is 683 g/mol. The number of allylic oxidation sites excluding steroid dienone is 9. The van der Waals surface area contributed by atoms with Gasteiger partial charge in [-0.15, -0.1) is 0 Å². The third kappa shape index (κ3) is 5.28. The Labute approximate surface area is 276 Å². The van der Waals surface area contributed by atoms with Gasteiger partial charge in [0.2, 0.25) is 0 Å². The van der Waals surface area contributed by atoms with Crippen molar-refractivity contribution >= 4 is 43.2 Å². The highest BCUT2D eigenvalue weighted by molar-refractivity contribution is 7.86. The minimum Gasteiger partial charge on any atom is -0.378 e. The zero-order valence-electron chi connectivity index (χ0n) is 26.5. The third-order valence-corrected chi connectivity index (χ3v) is 12.9. The highest BCUT2D eigenvalue weighted by atomic mass is 35.5. The summed E-state index contributed by atoms with van der Waals surface area (Å²) in [4.78, 5) is -0.220. The lowest BCUT2D eigenvalue weighted by molar-refractivity contribution is 0.0556. The Kier molecular flexibility index (Phi) is 7.80. The Hall–Kier alpha value is -3.15. The second kappa shape index (κ2) is 11.0. The van der Waals surface area contributed by atoms with Crippen molar-refractivity contribution in [2.75, 3.05) is 10.6 Å². The van der Waals surface area contributed by atoms with Gasteiger partial charge in [-0.3, -0.25) is 9.11 Å². The van der Waals surface area contributed by atoms with Gasteiger partial charge in [0.15, 0.2) is 0 Å². The van der Waals surface area contributed by atoms with E-state index in [0.29, 0.717) is 11.5 Å². The van der Waals surface area contributed by atoms with E-state index in [0.717, 1.165) is 64.2 Å². The first-order chi connectivity index (χ1) is 21.4. The van der Waals surface area contributed by atoms with Gasteiger partial charge >= 0.3 is 0 Å². The Morgan fingerprint density at radius 1 is 0.891 bits per heavy atom. The van der Waals surface area contributed by atoms with Gasteiger partial charge in [-0.1, -0.05) is 70.0 Å². The fourth-order valence-electron chi connectivity index (χ4n) is 7.47. The van der Waals surface area contributed by atoms with Crippen molar-refractivity contribution in [3.05, 3.63) is 105 Å². The average Bonchev–Trinajstić information content (AvgIpc) is 3.19. The summed E-state index contributed by atoms with van der Waals surface area (Å²) >= 11 is 7.06. The minimum atomic E-state index is -4.32. The first-order valence-corrected chi connectivity index (χ1v) is 18.6. The molecule has 2 aromatic rings. The van der Waals surface area contributed by atoms with E-state index in [9.17, 15) is 25.9 Å². The molecule has 2 heterocycles. The van der Waals surface area contributed by atoms with Crippen LogP contribution < -0.4 is 10.6 Å². The molecule has 2 aliphatic carbocycles. The van der Waals surface area contributed by atoms with E-state index in [1.54, 1.807) is 18.2 Å². The number of benzene rings is 2. The van der Waals surface area contributed by atoms with Crippen LogP contribution in [0.2, 0.25) is 0 Å². The standard InChI is InChI=1S/C35H39ClN2O6S2/c1-21-7-8-22(9-15-30-33(2,3)26-19-23(45(39,40)41)10-13-28(26)37-30)32(36)25(21)12-16-31-34(4,5)35(17-6-18-35)27-20-24(46(42,43)44)11-14-29(27)38-31/h7,9-16,19-20,31,37-38H,6,8,17-18H2,1-5H3,(H,39,40,41)(H,42,43,44)/b16-12+,22-9+,30-15+. The smallest absolute Gasteiger partial charge is 0.294 e. The fourth-order valence-corrected chi connectivity index (χ4v) is 8.83. The Morgan fingerprint density at radius 3 is 2.09 bits per heavy atom. The highest BCUT2D eigenvalue weighted by Crippen LogP contribution is 2.61. The molecule has 2 aliphatic heterocycles. The zero-order chi connectivity index (χ0) is 33.4. The van der Waals surface area contributed by atoms with Crippen LogP contribution in [0.4, 0.5) is 11.4 Å². The summed E-state index contributed by atoms with van der Waals surface area (Å²) in [6.07, 6.45) is 13.9. The number of anilines is 2. The molecular weight excluding hydrogens is 644 g/mol. The number of rotatable bonds is 5. The molecule has 4 aliphatic rings. The maximum absolute atomic E-state index is 11.9. The minimum absolute atomic E-state index is 0.0623. The van der Waals surface area contributed by atoms with Crippen molar-refractivity contribution in [3.8, 4) is 0 Å². The summed E-state index contributed by atoms with van der Waals surface area (Å²) in [5.41, 5.74) is 6.18. The molecule has 1 saturated carbocycles. The maximum atomic E-state index is 11.9. The maximum Gasteiger partial charge on any atom is 0.294 e. The summed E-state index contributed by atoms with van der Waals surface area (Å²) in [6, 6.07) is 9.32. The fraction of sp³-hybridized carbons (Fsp3) is 0.371. The number of fused-ring (bicyclic) bond motifs is 3. The summed E-state index contributed by atoms with van der Waals surface area (Å²) in [7, 11) is -8.63. The number of hydrogen-bond donors (Lipinski definition) is 4. The van der Waals surface area contributed by atoms with Gasteiger partial charge in [0.1, 0.15) is 0 Å². The predicted octanol–water partition coefficient (Wildman–Crippen LogP) is 8.03. The normalized spacial score (nSPS) is 24.8. The second-order valence-electron chi connectivity index (χ2n) is 13.8. The summed E-state index contributed by atoms with van der Waals surface area (Å²) < 4.78 is 66.6. The van der Waals surface area contributed by atoms with Crippen LogP contribution in [-0.2, 0) is 31.1 Å². The molecule has 6 rings (SSSR count). The van der Waals surface area contributed by atoms with Crippen LogP contribution in [0.5, 0.6) is 0 Å². The third-order valence-electron chi connectivity index (χ3n) is 10.7. The molecule has 1 spiro atoms. The van der Waals surface area contributed by atoms with Crippen LogP contribution in [0.1, 0.15) is 71.4 Å². The lowest BCUT2D eigenvalue weighted by Gasteiger charge is -2.60. The van der Waals surface area contributed by atoms with Crippen molar-refractivity contribution in [2.24, 2.45) is 5.41 Å². The monoisotopic (exact) mass is 682 g/mol. The van der Waals surface area contributed by atoms with E-state index in [-0.39, 0.29) is 26.7 Å². The lowest BCUT2D eigenvalue weighted by atomic mass is 9.47. The van der Waals surface area contributed by atoms with Gasteiger partial charge < -0.3 is 10.6 Å². The highest BCUT2D eigenvalue weighted by Gasteiger charge is 2.57. The SMILES string of the molecule is CC1=CC/C(=C\C=C2\Nc3ccc(S(=O)(=O)O)cc3C2(C)C)C(Cl)=C1/C=C/C1Nc2ccc(S(=O)(=O)O)cc2C2(CCC2)C1(C)C. The van der Waals surface area contributed by atoms with Crippen LogP contribution >= 0.6 is 11.6 Å². The molecule has 11 heteroatoms. The van der Waals surface area contributed by atoms with E-state index < -0.39 is 25.7 Å². The molecule has 0 radical (unpaired) electrons. The van der Waals surface area contributed by atoms with Crippen molar-refractivity contribution in [1.82, 2.24) is 0 Å². The summed E-state index contributed by atoms with van der Waals surface area (Å²) in [6.45, 7) is 10.5. The van der Waals surface area contributed by atoms with E-state index in [1.165, 1.54) is 18.2 Å². The van der Waals surface area contributed by atoms with Crippen LogP contribution in [-0.4, -0.2) is 32.0 Å². The second-order valence-corrected chi connectivity index (χ2v) is 17.1. The van der Waals surface area contributed by atoms with Crippen LogP contribution in [0.3, 0.4) is 0 Å². The molecule has 46 heavy (non-hydrogen) atoms. The Balaban J connectivity index is 1.31. The number of halogens is 1. The van der Waals surface area contributed by atoms with Gasteiger partial charge in [0.25, 0.3) is 20.2 Å². The van der Waals surface area contributed by atoms with Crippen molar-refractivity contribution in [3.63, 3.8) is 0 Å². The number of hydrogen-bond acceptors (Lipinski definition) is 6. The zero-order valence-corrected chi connectivity index (χ0v) is 28.9. The Bertz CT molecular complexity index is 2030. The lowest BCUT2D eigenvalue weighted by Crippen LogP contribution is -2.58. The molecular formula is C35H39ClN2O6S2. The molecule has 0 amide bonds. The van der Waals surface area contributed by atoms with Gasteiger partial charge in [-0.25, -0.2) is 0 Å². The molecule has 8 nitrogen and oxygen atoms in total. The van der Waals surface area contributed by atoms with Crippen LogP contribution in [0.15, 0.2) is 104 Å². The first kappa shape index (κ1) is 32.8. The van der Waals surface area contributed by atoms with E-state index in [2.05, 4.69) is 42.7 Å². The molecule has 4 N–H and O–H groups in total. The van der Waals surface area contributed by atoms with Crippen molar-refractivity contribution in [1.29, 1.82) is 0 Å². The van der Waals surface area contributed by atoms with E-state index in [1.807, 2.05) is 32.9 Å². The topological polar surface area (TPSA) is 133 Å². The van der Waals surface area contributed by atoms with Gasteiger partial charge in [-0.05, 0) is 102 Å². The van der Waals surface area contributed by atoms with Gasteiger partial charge in [0.05, 0.1) is 20.9 Å². The molecule has 0 saturated heterocycles. The quantitative estimate of drug-likeness (QED) is 0.233. The Morgan fingerprint density at radius 2 is 1.50 bits per heavy atom. The number of nitrogens with one attached hydrogen (secondary N) is 2. The molecule has 0 aromatic heterocycles. The van der Waals surface area contributed by atoms with E-state index in [4.69, 9.17) is 11.6 Å². The molecule has 1 unspecified atom stereocenters. The van der Waals surface area contributed by atoms with Gasteiger partial charge in [0, 0.05) is 27.9 Å². The van der Waals surface area contributed by atoms with Gasteiger partial charge in [-0.2, -0.15) is 16.8 Å². The molecule has 1 fully saturated rings. The predicted molar refractivity (Wildman–Crippen MR) is 182 cm³/mol. The van der Waals surface area contributed by atoms with E-state index >= 15 is 0 Å². The first-order valence-electron chi connectivity index (χ1n) is 15.3. The summed E-state index contributed by atoms with van der Waals surface area (Å²) in [5.74, 6) is 0. The largest absolute Gasteiger partial charge is 0.378 e. The molecule has 1 atom stereocenters.